The van der Waals surface area contributed by atoms with Crippen LogP contribution >= 0.6 is 0 Å². The number of esters is 1. The minimum absolute atomic E-state index is 0.00370. The fourth-order valence-corrected chi connectivity index (χ4v) is 8.72. The fraction of sp³-hybridized carbons (Fsp3) is 0.588. The van der Waals surface area contributed by atoms with E-state index in [9.17, 15) is 39.0 Å². The Balaban J connectivity index is 1.16. The summed E-state index contributed by atoms with van der Waals surface area (Å²) >= 11 is 0. The molecule has 10 nitrogen and oxygen atoms in total. The molecule has 4 aliphatic carbocycles. The van der Waals surface area contributed by atoms with Gasteiger partial charge in [-0.25, -0.2) is 4.79 Å². The van der Waals surface area contributed by atoms with Crippen LogP contribution in [0.5, 0.6) is 0 Å². The van der Waals surface area contributed by atoms with E-state index >= 15 is 0 Å². The number of rotatable bonds is 10. The molecule has 4 aliphatic rings. The minimum Gasteiger partial charge on any atom is -0.480 e. The van der Waals surface area contributed by atoms with Gasteiger partial charge in [0.2, 0.25) is 11.7 Å². The van der Waals surface area contributed by atoms with Gasteiger partial charge in [0.15, 0.2) is 12.4 Å². The van der Waals surface area contributed by atoms with Gasteiger partial charge in [0.1, 0.15) is 17.4 Å². The number of ether oxygens (including phenoxy) is 1. The van der Waals surface area contributed by atoms with Gasteiger partial charge >= 0.3 is 11.9 Å². The number of allylic oxidation sites excluding steroid dienone is 1. The number of aliphatic hydroxyl groups is 1. The number of carboxylic acids is 1. The van der Waals surface area contributed by atoms with Crippen molar-refractivity contribution < 1.29 is 43.7 Å². The minimum atomic E-state index is -1.83. The van der Waals surface area contributed by atoms with E-state index in [2.05, 4.69) is 12.2 Å². The van der Waals surface area contributed by atoms with E-state index in [4.69, 9.17) is 4.74 Å². The molecule has 1 amide bonds. The van der Waals surface area contributed by atoms with Crippen LogP contribution in [0.1, 0.15) is 77.2 Å². The maximum Gasteiger partial charge on any atom is 0.326 e. The van der Waals surface area contributed by atoms with E-state index in [-0.39, 0.29) is 66.8 Å². The highest BCUT2D eigenvalue weighted by molar-refractivity contribution is 5.95. The standard InChI is InChI=1S/C34H41NO9/c1-32-14-12-22(36)17-21(32)8-9-23-24-13-15-34(43,33(24,2)18-26(37)30(23)32)27(38)19-44-29(40)11-10-28(39)35-25(31(41)42)16-20-6-4-3-5-7-20/h3-7,17,23-25,30,43H,8-16,18-19H2,1-2H3,(H,35,39)(H,41,42)/t23-,24+,25-,30-,32+,33-,34+/m1/s1. The highest BCUT2D eigenvalue weighted by Crippen LogP contribution is 2.66. The number of ketones is 3. The van der Waals surface area contributed by atoms with Crippen molar-refractivity contribution in [1.29, 1.82) is 0 Å². The lowest BCUT2D eigenvalue weighted by molar-refractivity contribution is -0.173. The molecule has 3 saturated carbocycles. The van der Waals surface area contributed by atoms with E-state index in [0.29, 0.717) is 19.3 Å². The first kappa shape index (κ1) is 31.8. The van der Waals surface area contributed by atoms with Gasteiger partial charge in [-0.05, 0) is 61.0 Å². The first-order valence-corrected chi connectivity index (χ1v) is 15.5. The van der Waals surface area contributed by atoms with Crippen LogP contribution in [0.25, 0.3) is 0 Å². The number of carbonyl (C=O) groups excluding carboxylic acids is 5. The second-order valence-corrected chi connectivity index (χ2v) is 13.5. The van der Waals surface area contributed by atoms with Crippen LogP contribution in [0.2, 0.25) is 0 Å². The van der Waals surface area contributed by atoms with Crippen LogP contribution in [-0.4, -0.2) is 63.7 Å². The third-order valence-corrected chi connectivity index (χ3v) is 11.1. The van der Waals surface area contributed by atoms with Gasteiger partial charge in [-0.3, -0.25) is 24.0 Å². The highest BCUT2D eigenvalue weighted by Gasteiger charge is 2.68. The van der Waals surface area contributed by atoms with Crippen molar-refractivity contribution >= 4 is 35.2 Å². The lowest BCUT2D eigenvalue weighted by Crippen LogP contribution is -2.61. The summed E-state index contributed by atoms with van der Waals surface area (Å²) in [7, 11) is 0. The Morgan fingerprint density at radius 1 is 1.02 bits per heavy atom. The molecule has 0 spiro atoms. The van der Waals surface area contributed by atoms with Gasteiger partial charge in [0.05, 0.1) is 6.42 Å². The number of carboxylic acid groups (broad SMARTS) is 1. The molecule has 3 fully saturated rings. The van der Waals surface area contributed by atoms with Gasteiger partial charge in [-0.15, -0.1) is 0 Å². The largest absolute Gasteiger partial charge is 0.480 e. The van der Waals surface area contributed by atoms with Gasteiger partial charge in [0.25, 0.3) is 0 Å². The SMILES string of the molecule is C[C@]12CCC(=O)C=C1CC[C@H]1[C@@H]2C(=O)C[C@]2(C)[C@H]1CC[C@]2(O)C(=O)COC(=O)CCC(=O)N[C@H](Cc1ccccc1)C(=O)O. The van der Waals surface area contributed by atoms with Crippen LogP contribution in [0.3, 0.4) is 0 Å². The normalized spacial score (nSPS) is 33.2. The van der Waals surface area contributed by atoms with Crippen molar-refractivity contribution in [3.8, 4) is 0 Å². The van der Waals surface area contributed by atoms with Crippen LogP contribution in [0.4, 0.5) is 0 Å². The number of hydrogen-bond donors (Lipinski definition) is 3. The van der Waals surface area contributed by atoms with E-state index in [0.717, 1.165) is 24.0 Å². The molecule has 0 unspecified atom stereocenters. The lowest BCUT2D eigenvalue weighted by atomic mass is 9.46. The summed E-state index contributed by atoms with van der Waals surface area (Å²) in [6.07, 6.45) is 4.39. The maximum atomic E-state index is 13.8. The Hall–Kier alpha value is -3.66. The van der Waals surface area contributed by atoms with Gasteiger partial charge in [0, 0.05) is 37.0 Å². The van der Waals surface area contributed by atoms with Crippen molar-refractivity contribution in [2.24, 2.45) is 28.6 Å². The molecule has 0 radical (unpaired) electrons. The average molecular weight is 608 g/mol. The molecule has 10 heteroatoms. The number of carbonyl (C=O) groups is 6. The molecule has 0 saturated heterocycles. The third kappa shape index (κ3) is 5.64. The Kier molecular flexibility index (Phi) is 8.68. The maximum absolute atomic E-state index is 13.8. The summed E-state index contributed by atoms with van der Waals surface area (Å²) in [4.78, 5) is 75.7. The van der Waals surface area contributed by atoms with Crippen molar-refractivity contribution in [3.63, 3.8) is 0 Å². The van der Waals surface area contributed by atoms with Gasteiger partial charge < -0.3 is 20.3 Å². The number of hydrogen-bond acceptors (Lipinski definition) is 8. The van der Waals surface area contributed by atoms with Crippen molar-refractivity contribution in [2.75, 3.05) is 6.61 Å². The average Bonchev–Trinajstić information content (AvgIpc) is 3.25. The number of Topliss-reactive ketones (excluding diaryl/α,β-unsaturated/α-hetero) is 2. The Morgan fingerprint density at radius 3 is 2.45 bits per heavy atom. The fourth-order valence-electron chi connectivity index (χ4n) is 8.72. The molecule has 0 bridgehead atoms. The topological polar surface area (TPSA) is 164 Å². The number of amides is 1. The zero-order valence-corrected chi connectivity index (χ0v) is 25.3. The molecule has 1 aromatic rings. The Morgan fingerprint density at radius 2 is 1.75 bits per heavy atom. The molecule has 44 heavy (non-hydrogen) atoms. The number of benzene rings is 1. The molecule has 5 rings (SSSR count). The molecule has 0 heterocycles. The molecular formula is C34H41NO9. The predicted octanol–water partition coefficient (Wildman–Crippen LogP) is 3.13. The third-order valence-electron chi connectivity index (χ3n) is 11.1. The molecule has 7 atom stereocenters. The summed E-state index contributed by atoms with van der Waals surface area (Å²) in [6, 6.07) is 7.67. The summed E-state index contributed by atoms with van der Waals surface area (Å²) in [5.74, 6) is -3.52. The zero-order valence-electron chi connectivity index (χ0n) is 25.3. The number of nitrogens with one attached hydrogen (secondary N) is 1. The van der Waals surface area contributed by atoms with Crippen molar-refractivity contribution in [2.45, 2.75) is 89.7 Å². The predicted molar refractivity (Wildman–Crippen MR) is 157 cm³/mol. The summed E-state index contributed by atoms with van der Waals surface area (Å²) in [6.45, 7) is 3.20. The van der Waals surface area contributed by atoms with Crippen molar-refractivity contribution in [3.05, 3.63) is 47.5 Å². The van der Waals surface area contributed by atoms with E-state index < -0.39 is 47.3 Å². The van der Waals surface area contributed by atoms with E-state index in [1.165, 1.54) is 0 Å². The van der Waals surface area contributed by atoms with Crippen LogP contribution in [0.15, 0.2) is 42.0 Å². The molecule has 0 aliphatic heterocycles. The van der Waals surface area contributed by atoms with E-state index in [1.807, 2.05) is 0 Å². The summed E-state index contributed by atoms with van der Waals surface area (Å²) in [5.41, 5.74) is -1.43. The Bertz CT molecular complexity index is 1400. The van der Waals surface area contributed by atoms with Crippen LogP contribution < -0.4 is 5.32 Å². The molecule has 236 valence electrons. The van der Waals surface area contributed by atoms with Gasteiger partial charge in [-0.2, -0.15) is 0 Å². The summed E-state index contributed by atoms with van der Waals surface area (Å²) in [5, 5.41) is 23.7. The second kappa shape index (κ2) is 12.0. The first-order chi connectivity index (χ1) is 20.8. The quantitative estimate of drug-likeness (QED) is 0.339. The Labute approximate surface area is 256 Å². The van der Waals surface area contributed by atoms with Crippen molar-refractivity contribution in [1.82, 2.24) is 5.32 Å². The molecule has 1 aromatic carbocycles. The smallest absolute Gasteiger partial charge is 0.326 e. The monoisotopic (exact) mass is 607 g/mol. The first-order valence-electron chi connectivity index (χ1n) is 15.5. The van der Waals surface area contributed by atoms with Crippen LogP contribution in [-0.2, 0) is 39.9 Å². The van der Waals surface area contributed by atoms with Crippen LogP contribution in [0, 0.1) is 28.6 Å². The second-order valence-electron chi connectivity index (χ2n) is 13.5. The summed E-state index contributed by atoms with van der Waals surface area (Å²) < 4.78 is 5.17. The lowest BCUT2D eigenvalue weighted by Gasteiger charge is -2.57. The molecular weight excluding hydrogens is 566 g/mol. The number of aliphatic carboxylic acids is 1. The molecule has 3 N–H and O–H groups in total. The van der Waals surface area contributed by atoms with Gasteiger partial charge in [-0.1, -0.05) is 49.8 Å². The molecule has 0 aromatic heterocycles. The zero-order chi connectivity index (χ0) is 31.9. The van der Waals surface area contributed by atoms with E-state index in [1.54, 1.807) is 43.3 Å². The highest BCUT2D eigenvalue weighted by atomic mass is 16.5. The number of fused-ring (bicyclic) bond motifs is 5.